The summed E-state index contributed by atoms with van der Waals surface area (Å²) in [5.41, 5.74) is 3.70. The van der Waals surface area contributed by atoms with Crippen LogP contribution in [0.5, 0.6) is 5.75 Å². The molecule has 2 aromatic rings. The Hall–Kier alpha value is -2.90. The molecule has 0 bridgehead atoms. The molecule has 2 amide bonds. The van der Waals surface area contributed by atoms with Crippen LogP contribution < -0.4 is 10.2 Å². The van der Waals surface area contributed by atoms with Crippen LogP contribution in [0, 0.1) is 0 Å². The van der Waals surface area contributed by atoms with Gasteiger partial charge in [-0.1, -0.05) is 43.3 Å². The molecule has 1 unspecified atom stereocenters. The third-order valence-corrected chi connectivity index (χ3v) is 4.86. The molecule has 1 heterocycles. The maximum atomic E-state index is 13.0. The zero-order chi connectivity index (χ0) is 20.6. The van der Waals surface area contributed by atoms with E-state index in [1.54, 1.807) is 23.7 Å². The van der Waals surface area contributed by atoms with Crippen LogP contribution in [0.4, 0.5) is 0 Å². The standard InChI is InChI=1S/C22H26N2O5/c1-2-11-28-12-10-21(25)24-14-18-9-8-17(22(26)23-27)13-20(18)29-15-19(24)16-6-4-3-5-7-16/h3-9,13,19,27H,2,10-12,14-15H2,1H3,(H,23,26). The number of carbonyl (C=O) groups is 2. The summed E-state index contributed by atoms with van der Waals surface area (Å²) < 4.78 is 11.5. The Morgan fingerprint density at radius 2 is 2.00 bits per heavy atom. The summed E-state index contributed by atoms with van der Waals surface area (Å²) in [6.45, 7) is 3.68. The van der Waals surface area contributed by atoms with Crippen molar-refractivity contribution in [3.8, 4) is 5.75 Å². The lowest BCUT2D eigenvalue weighted by Gasteiger charge is -2.29. The molecule has 0 aromatic heterocycles. The molecule has 0 aliphatic carbocycles. The summed E-state index contributed by atoms with van der Waals surface area (Å²) in [7, 11) is 0. The molecule has 0 fully saturated rings. The molecule has 2 N–H and O–H groups in total. The van der Waals surface area contributed by atoms with Gasteiger partial charge in [0.2, 0.25) is 5.91 Å². The summed E-state index contributed by atoms with van der Waals surface area (Å²) in [4.78, 5) is 26.5. The second kappa shape index (κ2) is 10.0. The van der Waals surface area contributed by atoms with Crippen molar-refractivity contribution in [2.45, 2.75) is 32.4 Å². The van der Waals surface area contributed by atoms with Gasteiger partial charge in [-0.3, -0.25) is 14.8 Å². The molecule has 0 radical (unpaired) electrons. The predicted molar refractivity (Wildman–Crippen MR) is 107 cm³/mol. The molecule has 2 aromatic carbocycles. The van der Waals surface area contributed by atoms with Gasteiger partial charge < -0.3 is 14.4 Å². The number of benzene rings is 2. The van der Waals surface area contributed by atoms with Crippen molar-refractivity contribution in [3.63, 3.8) is 0 Å². The van der Waals surface area contributed by atoms with Crippen LogP contribution in [-0.4, -0.2) is 41.7 Å². The number of hydrogen-bond donors (Lipinski definition) is 2. The van der Waals surface area contributed by atoms with Crippen molar-refractivity contribution < 1.29 is 24.3 Å². The Balaban J connectivity index is 1.86. The van der Waals surface area contributed by atoms with Crippen molar-refractivity contribution in [2.24, 2.45) is 0 Å². The number of amides is 2. The minimum atomic E-state index is -0.610. The topological polar surface area (TPSA) is 88.1 Å². The first kappa shape index (κ1) is 20.8. The van der Waals surface area contributed by atoms with Gasteiger partial charge in [0.15, 0.2) is 0 Å². The Morgan fingerprint density at radius 3 is 2.72 bits per heavy atom. The van der Waals surface area contributed by atoms with Crippen molar-refractivity contribution in [1.82, 2.24) is 10.4 Å². The van der Waals surface area contributed by atoms with Crippen molar-refractivity contribution >= 4 is 11.8 Å². The average Bonchev–Trinajstić information content (AvgIpc) is 2.96. The highest BCUT2D eigenvalue weighted by Crippen LogP contribution is 2.32. The Kier molecular flexibility index (Phi) is 7.21. The lowest BCUT2D eigenvalue weighted by atomic mass is 10.0. The number of hydroxylamine groups is 1. The molecule has 7 nitrogen and oxygen atoms in total. The molecule has 1 atom stereocenters. The molecule has 3 rings (SSSR count). The average molecular weight is 398 g/mol. The monoisotopic (exact) mass is 398 g/mol. The fraction of sp³-hybridized carbons (Fsp3) is 0.364. The molecular weight excluding hydrogens is 372 g/mol. The Bertz CT molecular complexity index is 840. The van der Waals surface area contributed by atoms with Crippen LogP contribution in [-0.2, 0) is 16.1 Å². The number of carbonyl (C=O) groups excluding carboxylic acids is 2. The first-order chi connectivity index (χ1) is 14.1. The number of rotatable bonds is 7. The number of nitrogens with zero attached hydrogens (tertiary/aromatic N) is 1. The summed E-state index contributed by atoms with van der Waals surface area (Å²) >= 11 is 0. The van der Waals surface area contributed by atoms with Crippen LogP contribution >= 0.6 is 0 Å². The smallest absolute Gasteiger partial charge is 0.274 e. The van der Waals surface area contributed by atoms with Crippen LogP contribution in [0.2, 0.25) is 0 Å². The summed E-state index contributed by atoms with van der Waals surface area (Å²) in [6, 6.07) is 14.4. The number of ether oxygens (including phenoxy) is 2. The normalized spacial score (nSPS) is 15.8. The fourth-order valence-electron chi connectivity index (χ4n) is 3.34. The third-order valence-electron chi connectivity index (χ3n) is 4.86. The van der Waals surface area contributed by atoms with E-state index in [0.717, 1.165) is 17.5 Å². The van der Waals surface area contributed by atoms with Crippen molar-refractivity contribution in [1.29, 1.82) is 0 Å². The third kappa shape index (κ3) is 5.13. The highest BCUT2D eigenvalue weighted by atomic mass is 16.5. The number of hydrogen-bond acceptors (Lipinski definition) is 5. The Labute approximate surface area is 170 Å². The van der Waals surface area contributed by atoms with E-state index >= 15 is 0 Å². The van der Waals surface area contributed by atoms with E-state index in [9.17, 15) is 9.59 Å². The molecular formula is C22H26N2O5. The molecule has 0 saturated heterocycles. The molecule has 29 heavy (non-hydrogen) atoms. The van der Waals surface area contributed by atoms with Gasteiger partial charge >= 0.3 is 0 Å². The zero-order valence-electron chi connectivity index (χ0n) is 16.5. The van der Waals surface area contributed by atoms with Crippen LogP contribution in [0.25, 0.3) is 0 Å². The zero-order valence-corrected chi connectivity index (χ0v) is 16.5. The SMILES string of the molecule is CCCOCCC(=O)N1Cc2ccc(C(=O)NO)cc2OCC1c1ccccc1. The molecule has 7 heteroatoms. The maximum absolute atomic E-state index is 13.0. The van der Waals surface area contributed by atoms with Gasteiger partial charge in [0.1, 0.15) is 12.4 Å². The van der Waals surface area contributed by atoms with Gasteiger partial charge in [0.05, 0.1) is 25.6 Å². The highest BCUT2D eigenvalue weighted by Gasteiger charge is 2.30. The summed E-state index contributed by atoms with van der Waals surface area (Å²) in [5.74, 6) is -0.0885. The van der Waals surface area contributed by atoms with E-state index < -0.39 is 5.91 Å². The van der Waals surface area contributed by atoms with E-state index in [1.165, 1.54) is 0 Å². The van der Waals surface area contributed by atoms with Gasteiger partial charge in [-0.2, -0.15) is 0 Å². The van der Waals surface area contributed by atoms with E-state index in [4.69, 9.17) is 14.7 Å². The lowest BCUT2D eigenvalue weighted by Crippen LogP contribution is -2.36. The first-order valence-corrected chi connectivity index (χ1v) is 9.76. The van der Waals surface area contributed by atoms with E-state index in [0.29, 0.717) is 31.9 Å². The quantitative estimate of drug-likeness (QED) is 0.425. The van der Waals surface area contributed by atoms with E-state index in [-0.39, 0.29) is 24.1 Å². The van der Waals surface area contributed by atoms with Gasteiger partial charge in [-0.15, -0.1) is 0 Å². The molecule has 0 saturated carbocycles. The molecule has 154 valence electrons. The largest absolute Gasteiger partial charge is 0.491 e. The predicted octanol–water partition coefficient (Wildman–Crippen LogP) is 3.08. The minimum absolute atomic E-state index is 0.0106. The van der Waals surface area contributed by atoms with Crippen LogP contribution in [0.3, 0.4) is 0 Å². The maximum Gasteiger partial charge on any atom is 0.274 e. The van der Waals surface area contributed by atoms with E-state index in [2.05, 4.69) is 0 Å². The fourth-order valence-corrected chi connectivity index (χ4v) is 3.34. The van der Waals surface area contributed by atoms with Gasteiger partial charge in [-0.25, -0.2) is 5.48 Å². The second-order valence-corrected chi connectivity index (χ2v) is 6.88. The molecule has 0 spiro atoms. The van der Waals surface area contributed by atoms with Gasteiger partial charge in [0, 0.05) is 17.7 Å². The van der Waals surface area contributed by atoms with Crippen molar-refractivity contribution in [3.05, 3.63) is 65.2 Å². The van der Waals surface area contributed by atoms with Gasteiger partial charge in [0.25, 0.3) is 5.91 Å². The first-order valence-electron chi connectivity index (χ1n) is 9.76. The lowest BCUT2D eigenvalue weighted by molar-refractivity contribution is -0.136. The number of nitrogens with one attached hydrogen (secondary N) is 1. The van der Waals surface area contributed by atoms with Crippen LogP contribution in [0.15, 0.2) is 48.5 Å². The van der Waals surface area contributed by atoms with E-state index in [1.807, 2.05) is 42.2 Å². The molecule has 1 aliphatic rings. The summed E-state index contributed by atoms with van der Waals surface area (Å²) in [6.07, 6.45) is 1.21. The Morgan fingerprint density at radius 1 is 1.21 bits per heavy atom. The van der Waals surface area contributed by atoms with Crippen molar-refractivity contribution in [2.75, 3.05) is 19.8 Å². The number of fused-ring (bicyclic) bond motifs is 1. The minimum Gasteiger partial charge on any atom is -0.491 e. The van der Waals surface area contributed by atoms with Gasteiger partial charge in [-0.05, 0) is 24.1 Å². The summed E-state index contributed by atoms with van der Waals surface area (Å²) in [5, 5.41) is 8.87. The second-order valence-electron chi connectivity index (χ2n) is 6.88. The highest BCUT2D eigenvalue weighted by molar-refractivity contribution is 5.93. The van der Waals surface area contributed by atoms with Crippen LogP contribution in [0.1, 0.15) is 47.3 Å². The molecule has 1 aliphatic heterocycles.